The smallest absolute Gasteiger partial charge is 0.388 e. The quantitative estimate of drug-likeness (QED) is 0.193. The van der Waals surface area contributed by atoms with E-state index in [1.165, 1.54) is 12.1 Å². The van der Waals surface area contributed by atoms with Gasteiger partial charge in [-0.05, 0) is 55.3 Å². The highest BCUT2D eigenvalue weighted by molar-refractivity contribution is 9.10. The van der Waals surface area contributed by atoms with Crippen LogP contribution < -0.4 is 15.9 Å². The van der Waals surface area contributed by atoms with Crippen LogP contribution in [0.2, 0.25) is 0 Å². The monoisotopic (exact) mass is 603 g/mol. The zero-order valence-electron chi connectivity index (χ0n) is 19.0. The van der Waals surface area contributed by atoms with Crippen molar-refractivity contribution in [1.29, 1.82) is 0 Å². The largest absolute Gasteiger partial charge is 0.416 e. The molecule has 0 aliphatic carbocycles. The van der Waals surface area contributed by atoms with E-state index in [1.807, 2.05) is 0 Å². The highest BCUT2D eigenvalue weighted by Gasteiger charge is 2.31. The van der Waals surface area contributed by atoms with Crippen LogP contribution in [0, 0.1) is 0 Å². The Labute approximate surface area is 217 Å². The van der Waals surface area contributed by atoms with Gasteiger partial charge >= 0.3 is 18.1 Å². The number of aromatic nitrogens is 1. The molecule has 3 rings (SSSR count). The number of sulfonamides is 1. The normalized spacial score (nSPS) is 12.9. The summed E-state index contributed by atoms with van der Waals surface area (Å²) >= 11 is 3.22. The van der Waals surface area contributed by atoms with E-state index in [2.05, 4.69) is 30.4 Å². The van der Waals surface area contributed by atoms with Crippen molar-refractivity contribution in [2.24, 2.45) is 5.73 Å². The summed E-state index contributed by atoms with van der Waals surface area (Å²) < 4.78 is 70.9. The second-order valence-electron chi connectivity index (χ2n) is 7.95. The molecule has 1 aromatic heterocycles. The lowest BCUT2D eigenvalue weighted by Gasteiger charge is -2.11. The van der Waals surface area contributed by atoms with Crippen LogP contribution in [-0.4, -0.2) is 37.9 Å². The minimum absolute atomic E-state index is 0.0699. The van der Waals surface area contributed by atoms with Gasteiger partial charge in [-0.2, -0.15) is 13.2 Å². The third-order valence-corrected chi connectivity index (χ3v) is 7.29. The van der Waals surface area contributed by atoms with Crippen LogP contribution in [0.1, 0.15) is 35.2 Å². The van der Waals surface area contributed by atoms with Crippen LogP contribution in [0.3, 0.4) is 0 Å². The van der Waals surface area contributed by atoms with Crippen molar-refractivity contribution in [1.82, 2.24) is 9.71 Å². The zero-order valence-corrected chi connectivity index (χ0v) is 21.4. The van der Waals surface area contributed by atoms with Crippen LogP contribution in [0.5, 0.6) is 0 Å². The standard InChI is InChI=1S/C23H21BrF3N3O6S/c24-14-5-7-15(8-6-14)37(34,35)30-10-2-1-3-18(28)22(33)36-21(32)17-12-29-19-11-13(23(25,26)27)4-9-16(19)20(17)31/h4-9,11-12,18,30H,1-3,10,28H2,(H,29,31)/t18-/m0/s1. The summed E-state index contributed by atoms with van der Waals surface area (Å²) in [6.07, 6.45) is -3.01. The van der Waals surface area contributed by atoms with Crippen molar-refractivity contribution in [3.8, 4) is 0 Å². The van der Waals surface area contributed by atoms with Crippen LogP contribution >= 0.6 is 15.9 Å². The van der Waals surface area contributed by atoms with Gasteiger partial charge in [0, 0.05) is 28.1 Å². The number of unbranched alkanes of at least 4 members (excludes halogenated alkanes) is 1. The van der Waals surface area contributed by atoms with Gasteiger partial charge in [-0.1, -0.05) is 22.4 Å². The van der Waals surface area contributed by atoms with E-state index in [4.69, 9.17) is 5.73 Å². The van der Waals surface area contributed by atoms with Crippen LogP contribution in [-0.2, 0) is 25.7 Å². The maximum atomic E-state index is 12.9. The summed E-state index contributed by atoms with van der Waals surface area (Å²) in [7, 11) is -3.70. The maximum absolute atomic E-state index is 12.9. The molecule has 14 heteroatoms. The number of rotatable bonds is 9. The molecule has 4 N–H and O–H groups in total. The number of carbonyl (C=O) groups is 2. The Hall–Kier alpha value is -3.07. The third-order valence-electron chi connectivity index (χ3n) is 5.28. The first-order valence-corrected chi connectivity index (χ1v) is 13.1. The summed E-state index contributed by atoms with van der Waals surface area (Å²) in [5.41, 5.74) is 3.13. The topological polar surface area (TPSA) is 148 Å². The van der Waals surface area contributed by atoms with E-state index in [0.29, 0.717) is 18.9 Å². The van der Waals surface area contributed by atoms with Gasteiger partial charge in [0.15, 0.2) is 0 Å². The maximum Gasteiger partial charge on any atom is 0.416 e. The number of H-pyrrole nitrogens is 1. The molecule has 198 valence electrons. The SMILES string of the molecule is N[C@@H](CCCCNS(=O)(=O)c1ccc(Br)cc1)C(=O)OC(=O)c1c[nH]c2cc(C(F)(F)F)ccc2c1=O. The molecule has 0 spiro atoms. The summed E-state index contributed by atoms with van der Waals surface area (Å²) in [6, 6.07) is 7.20. The minimum Gasteiger partial charge on any atom is -0.388 e. The number of halogens is 4. The van der Waals surface area contributed by atoms with Crippen LogP contribution in [0.15, 0.2) is 62.8 Å². The number of pyridine rings is 1. The van der Waals surface area contributed by atoms with E-state index in [1.54, 1.807) is 12.1 Å². The summed E-state index contributed by atoms with van der Waals surface area (Å²) in [5.74, 6) is -2.40. The van der Waals surface area contributed by atoms with Gasteiger partial charge in [0.25, 0.3) is 0 Å². The fourth-order valence-corrected chi connectivity index (χ4v) is 4.62. The molecular formula is C23H21BrF3N3O6S. The van der Waals surface area contributed by atoms with Crippen molar-refractivity contribution in [2.45, 2.75) is 36.4 Å². The number of alkyl halides is 3. The molecule has 0 amide bonds. The highest BCUT2D eigenvalue weighted by atomic mass is 79.9. The lowest BCUT2D eigenvalue weighted by atomic mass is 10.1. The van der Waals surface area contributed by atoms with E-state index >= 15 is 0 Å². The number of fused-ring (bicyclic) bond motifs is 1. The fourth-order valence-electron chi connectivity index (χ4n) is 3.28. The molecule has 2 aromatic carbocycles. The number of nitrogens with one attached hydrogen (secondary N) is 2. The van der Waals surface area contributed by atoms with E-state index in [-0.39, 0.29) is 28.8 Å². The molecule has 0 aliphatic heterocycles. The molecule has 37 heavy (non-hydrogen) atoms. The molecule has 9 nitrogen and oxygen atoms in total. The first-order valence-electron chi connectivity index (χ1n) is 10.8. The molecule has 0 unspecified atom stereocenters. The average Bonchev–Trinajstić information content (AvgIpc) is 2.83. The number of aromatic amines is 1. The predicted molar refractivity (Wildman–Crippen MR) is 131 cm³/mol. The van der Waals surface area contributed by atoms with Crippen molar-refractivity contribution in [3.05, 3.63) is 74.5 Å². The molecular weight excluding hydrogens is 583 g/mol. The molecule has 0 aliphatic rings. The average molecular weight is 604 g/mol. The number of carbonyl (C=O) groups excluding carboxylic acids is 2. The Kier molecular flexibility index (Phi) is 8.89. The molecule has 0 radical (unpaired) electrons. The molecule has 3 aromatic rings. The summed E-state index contributed by atoms with van der Waals surface area (Å²) in [4.78, 5) is 39.5. The lowest BCUT2D eigenvalue weighted by molar-refractivity contribution is -0.140. The Balaban J connectivity index is 1.51. The minimum atomic E-state index is -4.62. The van der Waals surface area contributed by atoms with Crippen molar-refractivity contribution >= 4 is 48.8 Å². The highest BCUT2D eigenvalue weighted by Crippen LogP contribution is 2.30. The number of ether oxygens (including phenoxy) is 1. The molecule has 0 saturated carbocycles. The lowest BCUT2D eigenvalue weighted by Crippen LogP contribution is -2.35. The van der Waals surface area contributed by atoms with E-state index < -0.39 is 50.7 Å². The number of hydrogen-bond donors (Lipinski definition) is 3. The molecule has 0 bridgehead atoms. The third kappa shape index (κ3) is 7.25. The van der Waals surface area contributed by atoms with Crippen LogP contribution in [0.4, 0.5) is 13.2 Å². The number of esters is 2. The Morgan fingerprint density at radius 3 is 2.43 bits per heavy atom. The summed E-state index contributed by atoms with van der Waals surface area (Å²) in [6.45, 7) is 0.0849. The molecule has 1 heterocycles. The van der Waals surface area contributed by atoms with Crippen LogP contribution in [0.25, 0.3) is 10.9 Å². The van der Waals surface area contributed by atoms with Crippen molar-refractivity contribution < 1.29 is 35.9 Å². The first-order chi connectivity index (χ1) is 17.3. The van der Waals surface area contributed by atoms with Gasteiger partial charge in [0.05, 0.1) is 10.5 Å². The number of benzene rings is 2. The predicted octanol–water partition coefficient (Wildman–Crippen LogP) is 3.47. The van der Waals surface area contributed by atoms with Gasteiger partial charge in [-0.15, -0.1) is 0 Å². The Morgan fingerprint density at radius 1 is 1.11 bits per heavy atom. The number of nitrogens with two attached hydrogens (primary N) is 1. The van der Waals surface area contributed by atoms with Gasteiger partial charge in [-0.25, -0.2) is 22.7 Å². The van der Waals surface area contributed by atoms with Gasteiger partial charge in [0.2, 0.25) is 15.5 Å². The van der Waals surface area contributed by atoms with Gasteiger partial charge in [-0.3, -0.25) is 4.79 Å². The van der Waals surface area contributed by atoms with Crippen molar-refractivity contribution in [2.75, 3.05) is 6.54 Å². The zero-order chi connectivity index (χ0) is 27.4. The van der Waals surface area contributed by atoms with Gasteiger partial charge < -0.3 is 15.5 Å². The Bertz CT molecular complexity index is 1470. The van der Waals surface area contributed by atoms with Gasteiger partial charge in [0.1, 0.15) is 11.6 Å². The second kappa shape index (κ2) is 11.5. The second-order valence-corrected chi connectivity index (χ2v) is 10.6. The first kappa shape index (κ1) is 28.5. The van der Waals surface area contributed by atoms with Crippen molar-refractivity contribution in [3.63, 3.8) is 0 Å². The fraction of sp³-hybridized carbons (Fsp3) is 0.261. The molecule has 0 saturated heterocycles. The molecule has 1 atom stereocenters. The number of hydrogen-bond acceptors (Lipinski definition) is 7. The van der Waals surface area contributed by atoms with E-state index in [0.717, 1.165) is 22.8 Å². The van der Waals surface area contributed by atoms with E-state index in [9.17, 15) is 36.0 Å². The molecule has 0 fully saturated rings. The Morgan fingerprint density at radius 2 is 1.78 bits per heavy atom. The summed E-state index contributed by atoms with van der Waals surface area (Å²) in [5, 5.41) is -0.190.